The molecule has 0 fully saturated rings. The van der Waals surface area contributed by atoms with Crippen molar-refractivity contribution in [3.63, 3.8) is 0 Å². The van der Waals surface area contributed by atoms with Crippen LogP contribution in [0.25, 0.3) is 0 Å². The minimum absolute atomic E-state index is 0.156. The van der Waals surface area contributed by atoms with Gasteiger partial charge in [0.25, 0.3) is 0 Å². The fraction of sp³-hybridized carbons (Fsp3) is 0.875. The molecule has 78 valence electrons. The highest BCUT2D eigenvalue weighted by Crippen LogP contribution is 2.25. The van der Waals surface area contributed by atoms with Gasteiger partial charge in [0.05, 0.1) is 5.54 Å². The van der Waals surface area contributed by atoms with E-state index in [0.717, 1.165) is 0 Å². The molecule has 0 N–H and O–H groups in total. The zero-order valence-corrected chi connectivity index (χ0v) is 10.6. The van der Waals surface area contributed by atoms with Gasteiger partial charge in [0.1, 0.15) is 0 Å². The highest BCUT2D eigenvalue weighted by atomic mass is 32.1. The van der Waals surface area contributed by atoms with Gasteiger partial charge in [-0.15, -0.1) is 12.6 Å². The van der Waals surface area contributed by atoms with Crippen molar-refractivity contribution in [2.24, 2.45) is 0 Å². The second-order valence-electron chi connectivity index (χ2n) is 2.94. The van der Waals surface area contributed by atoms with Crippen LogP contribution in [0.3, 0.4) is 0 Å². The molecule has 0 aliphatic rings. The molecule has 0 aromatic heterocycles. The van der Waals surface area contributed by atoms with Crippen LogP contribution in [0.5, 0.6) is 0 Å². The van der Waals surface area contributed by atoms with Crippen LogP contribution in [0.2, 0.25) is 12.1 Å². The van der Waals surface area contributed by atoms with Crippen LogP contribution < -0.4 is 0 Å². The third-order valence-electron chi connectivity index (χ3n) is 2.02. The van der Waals surface area contributed by atoms with Crippen LogP contribution >= 0.6 is 12.6 Å². The molecule has 5 heteroatoms. The first kappa shape index (κ1) is 13.2. The predicted octanol–water partition coefficient (Wildman–Crippen LogP) is 1.98. The maximum atomic E-state index is 11.1. The standard InChI is InChI=1S/C8H18O3SSi/c1-5-10-13(4,11-6-2)7(3)8(9)12/h7H,5-6H2,1-4H3,(H,9,12). The van der Waals surface area contributed by atoms with E-state index in [9.17, 15) is 4.79 Å². The minimum Gasteiger partial charge on any atom is -0.394 e. The molecule has 0 saturated carbocycles. The van der Waals surface area contributed by atoms with Crippen LogP contribution in [-0.4, -0.2) is 26.9 Å². The Morgan fingerprint density at radius 2 is 1.77 bits per heavy atom. The van der Waals surface area contributed by atoms with Gasteiger partial charge in [0, 0.05) is 13.2 Å². The van der Waals surface area contributed by atoms with Gasteiger partial charge < -0.3 is 8.85 Å². The molecule has 0 spiro atoms. The summed E-state index contributed by atoms with van der Waals surface area (Å²) < 4.78 is 11.1. The fourth-order valence-electron chi connectivity index (χ4n) is 1.09. The molecule has 0 aromatic rings. The number of thiol groups is 1. The maximum absolute atomic E-state index is 11.1. The van der Waals surface area contributed by atoms with Gasteiger partial charge in [-0.05, 0) is 20.4 Å². The number of hydrogen-bond acceptors (Lipinski definition) is 3. The van der Waals surface area contributed by atoms with Crippen molar-refractivity contribution in [1.82, 2.24) is 0 Å². The minimum atomic E-state index is -2.34. The lowest BCUT2D eigenvalue weighted by Crippen LogP contribution is -2.44. The Bertz CT molecular complexity index is 169. The molecule has 0 bridgehead atoms. The van der Waals surface area contributed by atoms with E-state index in [0.29, 0.717) is 13.2 Å². The zero-order valence-electron chi connectivity index (χ0n) is 8.66. The van der Waals surface area contributed by atoms with E-state index < -0.39 is 8.56 Å². The monoisotopic (exact) mass is 222 g/mol. The van der Waals surface area contributed by atoms with Crippen LogP contribution in [0.4, 0.5) is 0 Å². The first-order chi connectivity index (χ1) is 5.98. The Kier molecular flexibility index (Phi) is 5.87. The molecule has 0 heterocycles. The molecule has 0 saturated heterocycles. The third-order valence-corrected chi connectivity index (χ3v) is 6.21. The molecule has 0 aliphatic heterocycles. The number of carbonyl (C=O) groups excluding carboxylic acids is 1. The van der Waals surface area contributed by atoms with Gasteiger partial charge in [0.2, 0.25) is 0 Å². The Hall–Kier alpha value is 0.157. The summed E-state index contributed by atoms with van der Waals surface area (Å²) in [5.41, 5.74) is -0.226. The van der Waals surface area contributed by atoms with Gasteiger partial charge in [0.15, 0.2) is 5.12 Å². The highest BCUT2D eigenvalue weighted by molar-refractivity contribution is 7.97. The van der Waals surface area contributed by atoms with E-state index in [1.165, 1.54) is 0 Å². The highest BCUT2D eigenvalue weighted by Gasteiger charge is 2.41. The number of rotatable bonds is 6. The first-order valence-electron chi connectivity index (χ1n) is 4.48. The third kappa shape index (κ3) is 3.80. The molecule has 13 heavy (non-hydrogen) atoms. The Morgan fingerprint density at radius 3 is 2.00 bits per heavy atom. The summed E-state index contributed by atoms with van der Waals surface area (Å²) in [6, 6.07) is 0. The van der Waals surface area contributed by atoms with E-state index in [1.54, 1.807) is 0 Å². The predicted molar refractivity (Wildman–Crippen MR) is 58.3 cm³/mol. The van der Waals surface area contributed by atoms with Crippen molar-refractivity contribution in [3.8, 4) is 0 Å². The largest absolute Gasteiger partial charge is 0.394 e. The van der Waals surface area contributed by atoms with Gasteiger partial charge >= 0.3 is 8.56 Å². The summed E-state index contributed by atoms with van der Waals surface area (Å²) >= 11 is 3.81. The molecule has 0 radical (unpaired) electrons. The van der Waals surface area contributed by atoms with Crippen LogP contribution in [-0.2, 0) is 13.6 Å². The van der Waals surface area contributed by atoms with Crippen molar-refractivity contribution < 1.29 is 13.6 Å². The van der Waals surface area contributed by atoms with Crippen molar-refractivity contribution >= 4 is 26.3 Å². The zero-order chi connectivity index (χ0) is 10.5. The van der Waals surface area contributed by atoms with Crippen LogP contribution in [0.15, 0.2) is 0 Å². The topological polar surface area (TPSA) is 35.5 Å². The summed E-state index contributed by atoms with van der Waals surface area (Å²) in [6.07, 6.45) is 0. The quantitative estimate of drug-likeness (QED) is 0.551. The normalized spacial score (nSPS) is 14.2. The number of carbonyl (C=O) groups is 1. The summed E-state index contributed by atoms with van der Waals surface area (Å²) in [6.45, 7) is 8.67. The Balaban J connectivity index is 4.45. The van der Waals surface area contributed by atoms with Crippen molar-refractivity contribution in [2.75, 3.05) is 13.2 Å². The molecule has 1 unspecified atom stereocenters. The Labute approximate surface area is 86.5 Å². The van der Waals surface area contributed by atoms with Gasteiger partial charge in [-0.25, -0.2) is 0 Å². The van der Waals surface area contributed by atoms with Gasteiger partial charge in [-0.1, -0.05) is 6.92 Å². The second kappa shape index (κ2) is 5.80. The summed E-state index contributed by atoms with van der Waals surface area (Å²) in [7, 11) is -2.34. The average Bonchev–Trinajstić information content (AvgIpc) is 2.03. The van der Waals surface area contributed by atoms with E-state index in [4.69, 9.17) is 8.85 Å². The van der Waals surface area contributed by atoms with Crippen molar-refractivity contribution in [3.05, 3.63) is 0 Å². The van der Waals surface area contributed by atoms with E-state index in [1.807, 2.05) is 27.3 Å². The van der Waals surface area contributed by atoms with Crippen LogP contribution in [0.1, 0.15) is 20.8 Å². The molecular formula is C8H18O3SSi. The number of hydrogen-bond donors (Lipinski definition) is 1. The SMILES string of the molecule is CCO[Si](C)(OCC)C(C)C(=O)S. The summed E-state index contributed by atoms with van der Waals surface area (Å²) in [5.74, 6) is 0. The Morgan fingerprint density at radius 1 is 1.38 bits per heavy atom. The van der Waals surface area contributed by atoms with E-state index in [-0.39, 0.29) is 10.7 Å². The lowest BCUT2D eigenvalue weighted by Gasteiger charge is -2.29. The molecule has 0 aromatic carbocycles. The fourth-order valence-corrected chi connectivity index (χ4v) is 3.97. The summed E-state index contributed by atoms with van der Waals surface area (Å²) in [5, 5.41) is -0.156. The first-order valence-corrected chi connectivity index (χ1v) is 7.32. The molecular weight excluding hydrogens is 204 g/mol. The lowest BCUT2D eigenvalue weighted by molar-refractivity contribution is -0.111. The van der Waals surface area contributed by atoms with Crippen LogP contribution in [0, 0.1) is 0 Å². The summed E-state index contributed by atoms with van der Waals surface area (Å²) in [4.78, 5) is 11.1. The molecule has 3 nitrogen and oxygen atoms in total. The molecule has 1 atom stereocenters. The van der Waals surface area contributed by atoms with Gasteiger partial charge in [-0.2, -0.15) is 0 Å². The maximum Gasteiger partial charge on any atom is 0.346 e. The molecule has 0 amide bonds. The van der Waals surface area contributed by atoms with Crippen molar-refractivity contribution in [1.29, 1.82) is 0 Å². The van der Waals surface area contributed by atoms with E-state index >= 15 is 0 Å². The average molecular weight is 222 g/mol. The lowest BCUT2D eigenvalue weighted by atomic mass is 10.5. The van der Waals surface area contributed by atoms with E-state index in [2.05, 4.69) is 12.6 Å². The second-order valence-corrected chi connectivity index (χ2v) is 6.86. The molecule has 0 rings (SSSR count). The molecule has 0 aliphatic carbocycles. The van der Waals surface area contributed by atoms with Crippen molar-refractivity contribution in [2.45, 2.75) is 32.9 Å². The van der Waals surface area contributed by atoms with Gasteiger partial charge in [-0.3, -0.25) is 4.79 Å². The smallest absolute Gasteiger partial charge is 0.346 e.